The summed E-state index contributed by atoms with van der Waals surface area (Å²) in [7, 11) is 0. The number of carbonyl (C=O) groups is 1. The first-order chi connectivity index (χ1) is 7.16. The molecule has 2 aromatic rings. The van der Waals surface area contributed by atoms with Gasteiger partial charge in [-0.25, -0.2) is 9.59 Å². The molecule has 0 saturated heterocycles. The highest BCUT2D eigenvalue weighted by Crippen LogP contribution is 2.14. The summed E-state index contributed by atoms with van der Waals surface area (Å²) in [5.74, 6) is -1.13. The number of hydrogen-bond acceptors (Lipinski definition) is 3. The number of aromatic nitrogens is 2. The van der Waals surface area contributed by atoms with Crippen molar-refractivity contribution in [1.82, 2.24) is 9.97 Å². The Labute approximate surface area is 88.4 Å². The van der Waals surface area contributed by atoms with Crippen LogP contribution in [-0.4, -0.2) is 21.0 Å². The fourth-order valence-electron chi connectivity index (χ4n) is 1.32. The van der Waals surface area contributed by atoms with Crippen LogP contribution in [0.1, 0.15) is 21.1 Å². The SMILES string of the molecule is O=C(O)c1[nH]c(=O)[nH]c1Cc1cccs1. The molecular weight excluding hydrogens is 216 g/mol. The Morgan fingerprint density at radius 3 is 2.87 bits per heavy atom. The molecule has 0 aromatic carbocycles. The molecule has 3 N–H and O–H groups in total. The lowest BCUT2D eigenvalue weighted by atomic mass is 10.2. The Morgan fingerprint density at radius 2 is 2.27 bits per heavy atom. The Hall–Kier alpha value is -1.82. The largest absolute Gasteiger partial charge is 0.477 e. The molecule has 0 radical (unpaired) electrons. The molecule has 6 heteroatoms. The minimum absolute atomic E-state index is 0.0617. The summed E-state index contributed by atoms with van der Waals surface area (Å²) in [6.45, 7) is 0. The molecule has 2 rings (SSSR count). The van der Waals surface area contributed by atoms with E-state index in [0.29, 0.717) is 12.1 Å². The van der Waals surface area contributed by atoms with Gasteiger partial charge in [-0.1, -0.05) is 6.07 Å². The monoisotopic (exact) mass is 224 g/mol. The van der Waals surface area contributed by atoms with Gasteiger partial charge in [-0.2, -0.15) is 0 Å². The zero-order valence-corrected chi connectivity index (χ0v) is 8.43. The summed E-state index contributed by atoms with van der Waals surface area (Å²) in [4.78, 5) is 27.5. The third-order valence-corrected chi connectivity index (χ3v) is 2.83. The average Bonchev–Trinajstić information content (AvgIpc) is 2.75. The highest BCUT2D eigenvalue weighted by atomic mass is 32.1. The van der Waals surface area contributed by atoms with Gasteiger partial charge in [0.15, 0.2) is 0 Å². The van der Waals surface area contributed by atoms with Crippen molar-refractivity contribution in [2.24, 2.45) is 0 Å². The van der Waals surface area contributed by atoms with Crippen molar-refractivity contribution in [3.8, 4) is 0 Å². The number of nitrogens with one attached hydrogen (secondary N) is 2. The minimum atomic E-state index is -1.13. The molecule has 0 spiro atoms. The van der Waals surface area contributed by atoms with Crippen molar-refractivity contribution < 1.29 is 9.90 Å². The molecular formula is C9H8N2O3S. The van der Waals surface area contributed by atoms with Crippen LogP contribution in [0.5, 0.6) is 0 Å². The van der Waals surface area contributed by atoms with Gasteiger partial charge >= 0.3 is 11.7 Å². The first-order valence-electron chi connectivity index (χ1n) is 4.23. The lowest BCUT2D eigenvalue weighted by Crippen LogP contribution is -2.04. The van der Waals surface area contributed by atoms with Crippen LogP contribution < -0.4 is 5.69 Å². The number of H-pyrrole nitrogens is 2. The molecule has 0 unspecified atom stereocenters. The first-order valence-corrected chi connectivity index (χ1v) is 5.11. The lowest BCUT2D eigenvalue weighted by molar-refractivity contribution is 0.0690. The topological polar surface area (TPSA) is 85.9 Å². The zero-order valence-electron chi connectivity index (χ0n) is 7.61. The maximum absolute atomic E-state index is 11.0. The molecule has 0 bridgehead atoms. The van der Waals surface area contributed by atoms with Gasteiger partial charge < -0.3 is 10.1 Å². The van der Waals surface area contributed by atoms with E-state index in [1.165, 1.54) is 11.3 Å². The number of imidazole rings is 1. The van der Waals surface area contributed by atoms with Crippen LogP contribution in [0.4, 0.5) is 0 Å². The lowest BCUT2D eigenvalue weighted by Gasteiger charge is -1.95. The zero-order chi connectivity index (χ0) is 10.8. The Balaban J connectivity index is 2.36. The predicted molar refractivity (Wildman–Crippen MR) is 55.5 cm³/mol. The van der Waals surface area contributed by atoms with Gasteiger partial charge in [0.2, 0.25) is 0 Å². The molecule has 15 heavy (non-hydrogen) atoms. The normalized spacial score (nSPS) is 10.4. The van der Waals surface area contributed by atoms with Crippen molar-refractivity contribution in [2.45, 2.75) is 6.42 Å². The number of aromatic carboxylic acids is 1. The number of rotatable bonds is 3. The van der Waals surface area contributed by atoms with E-state index < -0.39 is 11.7 Å². The fourth-order valence-corrected chi connectivity index (χ4v) is 2.04. The summed E-state index contributed by atoms with van der Waals surface area (Å²) in [5, 5.41) is 10.7. The van der Waals surface area contributed by atoms with E-state index in [-0.39, 0.29) is 5.69 Å². The molecule has 0 aliphatic heterocycles. The third-order valence-electron chi connectivity index (χ3n) is 1.95. The standard InChI is InChI=1S/C9H8N2O3S/c12-8(13)7-6(10-9(14)11-7)4-5-2-1-3-15-5/h1-3H,4H2,(H,12,13)(H2,10,11,14). The smallest absolute Gasteiger partial charge is 0.354 e. The molecule has 2 aromatic heterocycles. The molecule has 0 aliphatic rings. The highest BCUT2D eigenvalue weighted by Gasteiger charge is 2.14. The van der Waals surface area contributed by atoms with Crippen molar-refractivity contribution in [1.29, 1.82) is 0 Å². The van der Waals surface area contributed by atoms with Crippen LogP contribution in [0, 0.1) is 0 Å². The number of aromatic amines is 2. The van der Waals surface area contributed by atoms with Gasteiger partial charge in [-0.15, -0.1) is 11.3 Å². The van der Waals surface area contributed by atoms with Gasteiger partial charge in [0.05, 0.1) is 5.69 Å². The number of hydrogen-bond donors (Lipinski definition) is 3. The fraction of sp³-hybridized carbons (Fsp3) is 0.111. The van der Waals surface area contributed by atoms with Crippen LogP contribution in [0.25, 0.3) is 0 Å². The molecule has 0 fully saturated rings. The van der Waals surface area contributed by atoms with Gasteiger partial charge in [-0.05, 0) is 11.4 Å². The molecule has 0 aliphatic carbocycles. The summed E-state index contributed by atoms with van der Waals surface area (Å²) < 4.78 is 0. The van der Waals surface area contributed by atoms with E-state index >= 15 is 0 Å². The Kier molecular flexibility index (Phi) is 2.42. The summed E-state index contributed by atoms with van der Waals surface area (Å²) >= 11 is 1.52. The maximum Gasteiger partial charge on any atom is 0.354 e. The Bertz CT molecular complexity index is 524. The van der Waals surface area contributed by atoms with Crippen LogP contribution in [0.2, 0.25) is 0 Å². The molecule has 5 nitrogen and oxygen atoms in total. The summed E-state index contributed by atoms with van der Waals surface area (Å²) in [6, 6.07) is 3.77. The van der Waals surface area contributed by atoms with Gasteiger partial charge in [0.1, 0.15) is 5.69 Å². The second-order valence-corrected chi connectivity index (χ2v) is 4.03. The van der Waals surface area contributed by atoms with E-state index in [2.05, 4.69) is 9.97 Å². The molecule has 0 saturated carbocycles. The third kappa shape index (κ3) is 1.99. The Morgan fingerprint density at radius 1 is 1.47 bits per heavy atom. The van der Waals surface area contributed by atoms with Crippen LogP contribution in [0.15, 0.2) is 22.3 Å². The molecule has 0 amide bonds. The van der Waals surface area contributed by atoms with E-state index in [9.17, 15) is 9.59 Å². The predicted octanol–water partition coefficient (Wildman–Crippen LogP) is 1.05. The summed E-state index contributed by atoms with van der Waals surface area (Å²) in [5.41, 5.74) is -0.137. The van der Waals surface area contributed by atoms with Crippen LogP contribution in [-0.2, 0) is 6.42 Å². The van der Waals surface area contributed by atoms with Crippen LogP contribution >= 0.6 is 11.3 Å². The summed E-state index contributed by atoms with van der Waals surface area (Å²) in [6.07, 6.45) is 0.429. The average molecular weight is 224 g/mol. The molecule has 2 heterocycles. The first kappa shape index (κ1) is 9.72. The van der Waals surface area contributed by atoms with E-state index in [0.717, 1.165) is 4.88 Å². The van der Waals surface area contributed by atoms with Crippen molar-refractivity contribution >= 4 is 17.3 Å². The molecule has 78 valence electrons. The number of thiophene rings is 1. The van der Waals surface area contributed by atoms with Gasteiger partial charge in [0, 0.05) is 11.3 Å². The highest BCUT2D eigenvalue weighted by molar-refractivity contribution is 7.09. The molecule has 0 atom stereocenters. The van der Waals surface area contributed by atoms with Crippen molar-refractivity contribution in [2.75, 3.05) is 0 Å². The minimum Gasteiger partial charge on any atom is -0.477 e. The second-order valence-electron chi connectivity index (χ2n) is 2.99. The van der Waals surface area contributed by atoms with Crippen molar-refractivity contribution in [3.05, 3.63) is 44.3 Å². The maximum atomic E-state index is 11.0. The van der Waals surface area contributed by atoms with E-state index in [1.54, 1.807) is 0 Å². The van der Waals surface area contributed by atoms with Gasteiger partial charge in [0.25, 0.3) is 0 Å². The van der Waals surface area contributed by atoms with Crippen molar-refractivity contribution in [3.63, 3.8) is 0 Å². The number of carboxylic acids is 1. The van der Waals surface area contributed by atoms with Crippen LogP contribution in [0.3, 0.4) is 0 Å². The quantitative estimate of drug-likeness (QED) is 0.728. The van der Waals surface area contributed by atoms with Gasteiger partial charge in [-0.3, -0.25) is 4.98 Å². The number of carboxylic acid groups (broad SMARTS) is 1. The second kappa shape index (κ2) is 3.74. The van der Waals surface area contributed by atoms with E-state index in [1.807, 2.05) is 17.5 Å². The van der Waals surface area contributed by atoms with E-state index in [4.69, 9.17) is 5.11 Å².